The van der Waals surface area contributed by atoms with Crippen molar-refractivity contribution >= 4 is 23.3 Å². The van der Waals surface area contributed by atoms with Gasteiger partial charge < -0.3 is 0 Å². The molecule has 3 heteroatoms. The van der Waals surface area contributed by atoms with Gasteiger partial charge in [-0.05, 0) is 17.5 Å². The summed E-state index contributed by atoms with van der Waals surface area (Å²) in [4.78, 5) is 25.1. The van der Waals surface area contributed by atoms with Crippen molar-refractivity contribution in [3.05, 3.63) is 30.3 Å². The SMILES string of the molecule is CC1(C)CC(=O)C(CSc2ccccc2)C(=O)C1. The van der Waals surface area contributed by atoms with Gasteiger partial charge in [0.2, 0.25) is 0 Å². The fourth-order valence-corrected chi connectivity index (χ4v) is 3.39. The van der Waals surface area contributed by atoms with Crippen LogP contribution in [0, 0.1) is 11.3 Å². The normalized spacial score (nSPS) is 20.1. The van der Waals surface area contributed by atoms with Crippen molar-refractivity contribution in [3.63, 3.8) is 0 Å². The van der Waals surface area contributed by atoms with Gasteiger partial charge in [0.05, 0.1) is 5.92 Å². The molecule has 1 fully saturated rings. The van der Waals surface area contributed by atoms with Gasteiger partial charge in [0.25, 0.3) is 0 Å². The quantitative estimate of drug-likeness (QED) is 0.619. The van der Waals surface area contributed by atoms with Gasteiger partial charge in [-0.2, -0.15) is 0 Å². The zero-order valence-corrected chi connectivity index (χ0v) is 11.6. The first-order chi connectivity index (χ1) is 8.48. The molecule has 0 heterocycles. The number of thioether (sulfide) groups is 1. The Morgan fingerprint density at radius 2 is 1.67 bits per heavy atom. The fourth-order valence-electron chi connectivity index (χ4n) is 2.31. The molecule has 0 radical (unpaired) electrons. The van der Waals surface area contributed by atoms with Gasteiger partial charge in [-0.25, -0.2) is 0 Å². The van der Waals surface area contributed by atoms with Crippen molar-refractivity contribution in [2.24, 2.45) is 11.3 Å². The van der Waals surface area contributed by atoms with Crippen molar-refractivity contribution in [2.45, 2.75) is 31.6 Å². The van der Waals surface area contributed by atoms with Crippen LogP contribution in [0.15, 0.2) is 35.2 Å². The fraction of sp³-hybridized carbons (Fsp3) is 0.467. The number of carbonyl (C=O) groups is 2. The molecule has 0 unspecified atom stereocenters. The highest BCUT2D eigenvalue weighted by atomic mass is 32.2. The van der Waals surface area contributed by atoms with Crippen molar-refractivity contribution < 1.29 is 9.59 Å². The number of carbonyl (C=O) groups excluding carboxylic acids is 2. The Hall–Kier alpha value is -1.09. The average Bonchev–Trinajstić information content (AvgIpc) is 2.27. The maximum atomic E-state index is 12.0. The number of rotatable bonds is 3. The molecule has 1 aliphatic rings. The molecular formula is C15H18O2S. The molecule has 0 atom stereocenters. The second-order valence-electron chi connectivity index (χ2n) is 5.63. The third-order valence-corrected chi connectivity index (χ3v) is 4.35. The zero-order valence-electron chi connectivity index (χ0n) is 10.8. The molecule has 0 aromatic heterocycles. The maximum absolute atomic E-state index is 12.0. The van der Waals surface area contributed by atoms with Crippen molar-refractivity contribution in [3.8, 4) is 0 Å². The van der Waals surface area contributed by atoms with E-state index in [1.54, 1.807) is 11.8 Å². The van der Waals surface area contributed by atoms with E-state index in [9.17, 15) is 9.59 Å². The predicted molar refractivity (Wildman–Crippen MR) is 73.7 cm³/mol. The Labute approximate surface area is 112 Å². The van der Waals surface area contributed by atoms with Crippen LogP contribution >= 0.6 is 11.8 Å². The third-order valence-electron chi connectivity index (χ3n) is 3.24. The third kappa shape index (κ3) is 3.22. The van der Waals surface area contributed by atoms with Crippen LogP contribution in [-0.2, 0) is 9.59 Å². The summed E-state index contributed by atoms with van der Waals surface area (Å²) in [6.07, 6.45) is 1.05. The summed E-state index contributed by atoms with van der Waals surface area (Å²) >= 11 is 1.59. The molecule has 0 bridgehead atoms. The number of hydrogen-bond donors (Lipinski definition) is 0. The van der Waals surface area contributed by atoms with Gasteiger partial charge in [-0.15, -0.1) is 11.8 Å². The van der Waals surface area contributed by atoms with Crippen LogP contribution in [0.3, 0.4) is 0 Å². The summed E-state index contributed by atoms with van der Waals surface area (Å²) in [7, 11) is 0. The molecule has 2 nitrogen and oxygen atoms in total. The smallest absolute Gasteiger partial charge is 0.144 e. The number of hydrogen-bond acceptors (Lipinski definition) is 3. The Bertz CT molecular complexity index is 431. The van der Waals surface area contributed by atoms with Crippen molar-refractivity contribution in [1.29, 1.82) is 0 Å². The second-order valence-corrected chi connectivity index (χ2v) is 6.72. The summed E-state index contributed by atoms with van der Waals surface area (Å²) in [5.74, 6) is 0.403. The largest absolute Gasteiger partial charge is 0.299 e. The van der Waals surface area contributed by atoms with E-state index in [0.29, 0.717) is 18.6 Å². The number of ketones is 2. The highest BCUT2D eigenvalue weighted by molar-refractivity contribution is 7.99. The number of Topliss-reactive ketones (excluding diaryl/α,β-unsaturated/α-hetero) is 2. The van der Waals surface area contributed by atoms with Crippen molar-refractivity contribution in [1.82, 2.24) is 0 Å². The molecule has 1 aromatic rings. The van der Waals surface area contributed by atoms with Crippen LogP contribution in [0.2, 0.25) is 0 Å². The van der Waals surface area contributed by atoms with Gasteiger partial charge in [0, 0.05) is 23.5 Å². The molecule has 0 amide bonds. The molecule has 2 rings (SSSR count). The Morgan fingerprint density at radius 1 is 1.11 bits per heavy atom. The molecule has 1 saturated carbocycles. The molecule has 0 spiro atoms. The molecule has 1 aromatic carbocycles. The Balaban J connectivity index is 1.98. The second kappa shape index (κ2) is 5.27. The summed E-state index contributed by atoms with van der Waals surface area (Å²) < 4.78 is 0. The molecule has 0 saturated heterocycles. The molecule has 0 N–H and O–H groups in total. The highest BCUT2D eigenvalue weighted by Crippen LogP contribution is 2.35. The van der Waals surface area contributed by atoms with Crippen LogP contribution in [0.25, 0.3) is 0 Å². The van der Waals surface area contributed by atoms with E-state index < -0.39 is 5.92 Å². The van der Waals surface area contributed by atoms with E-state index in [2.05, 4.69) is 0 Å². The van der Waals surface area contributed by atoms with E-state index in [1.165, 1.54) is 0 Å². The predicted octanol–water partition coefficient (Wildman–Crippen LogP) is 3.35. The van der Waals surface area contributed by atoms with E-state index in [4.69, 9.17) is 0 Å². The van der Waals surface area contributed by atoms with Crippen LogP contribution < -0.4 is 0 Å². The van der Waals surface area contributed by atoms with Gasteiger partial charge in [-0.1, -0.05) is 32.0 Å². The van der Waals surface area contributed by atoms with Gasteiger partial charge >= 0.3 is 0 Å². The maximum Gasteiger partial charge on any atom is 0.144 e. The van der Waals surface area contributed by atoms with Crippen LogP contribution in [0.4, 0.5) is 0 Å². The molecule has 0 aliphatic heterocycles. The van der Waals surface area contributed by atoms with E-state index in [-0.39, 0.29) is 17.0 Å². The van der Waals surface area contributed by atoms with E-state index >= 15 is 0 Å². The van der Waals surface area contributed by atoms with Gasteiger partial charge in [-0.3, -0.25) is 9.59 Å². The lowest BCUT2D eigenvalue weighted by Gasteiger charge is -2.31. The molecule has 1 aliphatic carbocycles. The zero-order chi connectivity index (χ0) is 13.2. The number of benzene rings is 1. The van der Waals surface area contributed by atoms with E-state index in [1.807, 2.05) is 44.2 Å². The first-order valence-corrected chi connectivity index (χ1v) is 7.20. The Kier molecular flexibility index (Phi) is 3.91. The van der Waals surface area contributed by atoms with Crippen LogP contribution in [0.5, 0.6) is 0 Å². The minimum absolute atomic E-state index is 0.111. The van der Waals surface area contributed by atoms with Crippen LogP contribution in [0.1, 0.15) is 26.7 Å². The summed E-state index contributed by atoms with van der Waals surface area (Å²) in [6.45, 7) is 3.98. The molecule has 96 valence electrons. The standard InChI is InChI=1S/C15H18O2S/c1-15(2)8-13(16)12(14(17)9-15)10-18-11-6-4-3-5-7-11/h3-7,12H,8-10H2,1-2H3. The van der Waals surface area contributed by atoms with Crippen LogP contribution in [-0.4, -0.2) is 17.3 Å². The Morgan fingerprint density at radius 3 is 2.22 bits per heavy atom. The summed E-state index contributed by atoms with van der Waals surface area (Å²) in [5, 5.41) is 0. The highest BCUT2D eigenvalue weighted by Gasteiger charge is 2.39. The minimum atomic E-state index is -0.400. The minimum Gasteiger partial charge on any atom is -0.299 e. The lowest BCUT2D eigenvalue weighted by atomic mass is 9.72. The average molecular weight is 262 g/mol. The first-order valence-electron chi connectivity index (χ1n) is 6.21. The van der Waals surface area contributed by atoms with Gasteiger partial charge in [0.1, 0.15) is 11.6 Å². The van der Waals surface area contributed by atoms with Gasteiger partial charge in [0.15, 0.2) is 0 Å². The topological polar surface area (TPSA) is 34.1 Å². The first kappa shape index (κ1) is 13.3. The molecule has 18 heavy (non-hydrogen) atoms. The monoisotopic (exact) mass is 262 g/mol. The molecular weight excluding hydrogens is 244 g/mol. The van der Waals surface area contributed by atoms with E-state index in [0.717, 1.165) is 4.90 Å². The lowest BCUT2D eigenvalue weighted by Crippen LogP contribution is -2.38. The summed E-state index contributed by atoms with van der Waals surface area (Å²) in [5.41, 5.74) is -0.151. The lowest BCUT2D eigenvalue weighted by molar-refractivity contribution is -0.138. The summed E-state index contributed by atoms with van der Waals surface area (Å²) in [6, 6.07) is 9.91. The van der Waals surface area contributed by atoms with Crippen molar-refractivity contribution in [2.75, 3.05) is 5.75 Å².